The Hall–Kier alpha value is -2.41. The highest BCUT2D eigenvalue weighted by Gasteiger charge is 2.34. The summed E-state index contributed by atoms with van der Waals surface area (Å²) in [6.45, 7) is 2.87. The molecule has 0 bridgehead atoms. The number of likely N-dealkylation sites (tertiary alicyclic amines) is 1. The third-order valence-corrected chi connectivity index (χ3v) is 5.15. The smallest absolute Gasteiger partial charge is 0.288 e. The minimum absolute atomic E-state index is 0.0422. The summed E-state index contributed by atoms with van der Waals surface area (Å²) in [6.07, 6.45) is 0.178. The molecular formula is C20H20F2N2O2S. The topological polar surface area (TPSA) is 49.4 Å². The van der Waals surface area contributed by atoms with Gasteiger partial charge >= 0.3 is 0 Å². The summed E-state index contributed by atoms with van der Waals surface area (Å²) < 4.78 is 24.7. The van der Waals surface area contributed by atoms with Crippen molar-refractivity contribution in [3.63, 3.8) is 0 Å². The molecule has 1 aliphatic heterocycles. The number of thioether (sulfide) groups is 1. The van der Waals surface area contributed by atoms with Gasteiger partial charge in [0.2, 0.25) is 11.8 Å². The maximum absolute atomic E-state index is 12.5. The molecule has 1 N–H and O–H groups in total. The highest BCUT2D eigenvalue weighted by Crippen LogP contribution is 2.27. The van der Waals surface area contributed by atoms with Crippen molar-refractivity contribution in [1.29, 1.82) is 0 Å². The molecule has 3 rings (SSSR count). The third-order valence-electron chi connectivity index (χ3n) is 4.43. The molecule has 1 fully saturated rings. The van der Waals surface area contributed by atoms with Gasteiger partial charge in [-0.05, 0) is 36.8 Å². The van der Waals surface area contributed by atoms with E-state index in [9.17, 15) is 18.4 Å². The van der Waals surface area contributed by atoms with E-state index in [0.29, 0.717) is 35.4 Å². The summed E-state index contributed by atoms with van der Waals surface area (Å²) in [5.74, 6) is -3.17. The number of carbonyl (C=O) groups is 2. The summed E-state index contributed by atoms with van der Waals surface area (Å²) >= 11 is 0.456. The third kappa shape index (κ3) is 5.29. The van der Waals surface area contributed by atoms with Gasteiger partial charge in [0.15, 0.2) is 0 Å². The van der Waals surface area contributed by atoms with Crippen LogP contribution in [-0.2, 0) is 16.1 Å². The van der Waals surface area contributed by atoms with Crippen LogP contribution in [-0.4, -0.2) is 29.0 Å². The molecule has 0 radical (unpaired) electrons. The Morgan fingerprint density at radius 2 is 1.85 bits per heavy atom. The van der Waals surface area contributed by atoms with Crippen LogP contribution in [0, 0.1) is 12.8 Å². The number of aryl methyl sites for hydroxylation is 1. The van der Waals surface area contributed by atoms with Crippen LogP contribution < -0.4 is 5.32 Å². The zero-order valence-corrected chi connectivity index (χ0v) is 15.6. The van der Waals surface area contributed by atoms with Crippen LogP contribution in [0.3, 0.4) is 0 Å². The van der Waals surface area contributed by atoms with Gasteiger partial charge in [-0.1, -0.05) is 41.6 Å². The Morgan fingerprint density at radius 3 is 2.48 bits per heavy atom. The summed E-state index contributed by atoms with van der Waals surface area (Å²) in [5.41, 5.74) is 2.71. The second kappa shape index (κ2) is 8.52. The summed E-state index contributed by atoms with van der Waals surface area (Å²) in [5, 5.41) is 2.76. The summed E-state index contributed by atoms with van der Waals surface area (Å²) in [7, 11) is 0. The average Bonchev–Trinajstić information content (AvgIpc) is 2.99. The number of hydrogen-bond acceptors (Lipinski definition) is 3. The Morgan fingerprint density at radius 1 is 1.19 bits per heavy atom. The molecule has 0 aromatic heterocycles. The largest absolute Gasteiger partial charge is 0.338 e. The number of nitrogens with zero attached hydrogens (tertiary/aromatic N) is 1. The maximum atomic E-state index is 12.5. The standard InChI is InChI=1S/C20H20F2N2O2S/c1-13-2-4-14(5-3-13)11-24-12-15(10-18(24)25)19(26)23-16-6-8-17(9-7-16)27-20(21)22/h2-9,15,20H,10-12H2,1H3,(H,23,26)/t15-/m0/s1. The van der Waals surface area contributed by atoms with Gasteiger partial charge in [-0.25, -0.2) is 0 Å². The predicted octanol–water partition coefficient (Wildman–Crippen LogP) is 4.30. The van der Waals surface area contributed by atoms with Gasteiger partial charge in [-0.15, -0.1) is 0 Å². The molecule has 1 heterocycles. The number of rotatable bonds is 6. The maximum Gasteiger partial charge on any atom is 0.288 e. The lowest BCUT2D eigenvalue weighted by Gasteiger charge is -2.17. The van der Waals surface area contributed by atoms with Gasteiger partial charge in [0.1, 0.15) is 0 Å². The molecule has 2 amide bonds. The second-order valence-corrected chi connectivity index (χ2v) is 7.62. The van der Waals surface area contributed by atoms with E-state index in [2.05, 4.69) is 5.32 Å². The Labute approximate surface area is 160 Å². The molecule has 0 unspecified atom stereocenters. The van der Waals surface area contributed by atoms with Crippen molar-refractivity contribution in [2.45, 2.75) is 30.5 Å². The van der Waals surface area contributed by atoms with Crippen LogP contribution in [0.1, 0.15) is 17.5 Å². The lowest BCUT2D eigenvalue weighted by Crippen LogP contribution is -2.28. The summed E-state index contributed by atoms with van der Waals surface area (Å²) in [4.78, 5) is 26.8. The van der Waals surface area contributed by atoms with Gasteiger partial charge in [0.05, 0.1) is 5.92 Å². The van der Waals surface area contributed by atoms with Gasteiger partial charge < -0.3 is 10.2 Å². The fourth-order valence-corrected chi connectivity index (χ4v) is 3.48. The molecule has 1 saturated heterocycles. The van der Waals surface area contributed by atoms with Crippen LogP contribution >= 0.6 is 11.8 Å². The molecular weight excluding hydrogens is 370 g/mol. The molecule has 1 aliphatic rings. The Kier molecular flexibility index (Phi) is 6.11. The number of carbonyl (C=O) groups excluding carboxylic acids is 2. The van der Waals surface area contributed by atoms with Gasteiger partial charge in [0, 0.05) is 30.1 Å². The first-order chi connectivity index (χ1) is 12.9. The first kappa shape index (κ1) is 19.4. The Balaban J connectivity index is 1.56. The number of amides is 2. The van der Waals surface area contributed by atoms with Crippen molar-refractivity contribution in [2.24, 2.45) is 5.92 Å². The normalized spacial score (nSPS) is 16.8. The number of nitrogens with one attached hydrogen (secondary N) is 1. The SMILES string of the molecule is Cc1ccc(CN2C[C@@H](C(=O)Nc3ccc(SC(F)F)cc3)CC2=O)cc1. The van der Waals surface area contributed by atoms with E-state index in [1.807, 2.05) is 31.2 Å². The predicted molar refractivity (Wildman–Crippen MR) is 102 cm³/mol. The lowest BCUT2D eigenvalue weighted by atomic mass is 10.1. The van der Waals surface area contributed by atoms with Crippen molar-refractivity contribution < 1.29 is 18.4 Å². The van der Waals surface area contributed by atoms with Crippen molar-refractivity contribution in [2.75, 3.05) is 11.9 Å². The number of benzene rings is 2. The molecule has 27 heavy (non-hydrogen) atoms. The van der Waals surface area contributed by atoms with E-state index in [4.69, 9.17) is 0 Å². The van der Waals surface area contributed by atoms with Crippen molar-refractivity contribution >= 4 is 29.3 Å². The molecule has 0 saturated carbocycles. The molecule has 1 atom stereocenters. The minimum Gasteiger partial charge on any atom is -0.338 e. The van der Waals surface area contributed by atoms with E-state index in [1.54, 1.807) is 17.0 Å². The fraction of sp³-hybridized carbons (Fsp3) is 0.300. The summed E-state index contributed by atoms with van der Waals surface area (Å²) in [6, 6.07) is 14.2. The van der Waals surface area contributed by atoms with Gasteiger partial charge in [-0.2, -0.15) is 8.78 Å². The monoisotopic (exact) mass is 390 g/mol. The van der Waals surface area contributed by atoms with Crippen LogP contribution in [0.2, 0.25) is 0 Å². The van der Waals surface area contributed by atoms with Gasteiger partial charge in [0.25, 0.3) is 5.76 Å². The van der Waals surface area contributed by atoms with Gasteiger partial charge in [-0.3, -0.25) is 9.59 Å². The van der Waals surface area contributed by atoms with Crippen LogP contribution in [0.4, 0.5) is 14.5 Å². The molecule has 0 spiro atoms. The first-order valence-electron chi connectivity index (χ1n) is 8.60. The highest BCUT2D eigenvalue weighted by atomic mass is 32.2. The van der Waals surface area contributed by atoms with Crippen molar-refractivity contribution in [3.05, 3.63) is 59.7 Å². The zero-order chi connectivity index (χ0) is 19.4. The van der Waals surface area contributed by atoms with E-state index in [-0.39, 0.29) is 18.2 Å². The number of hydrogen-bond donors (Lipinski definition) is 1. The number of alkyl halides is 2. The molecule has 2 aromatic carbocycles. The van der Waals surface area contributed by atoms with Crippen LogP contribution in [0.5, 0.6) is 0 Å². The van der Waals surface area contributed by atoms with Crippen LogP contribution in [0.15, 0.2) is 53.4 Å². The van der Waals surface area contributed by atoms with E-state index in [0.717, 1.165) is 11.1 Å². The molecule has 4 nitrogen and oxygen atoms in total. The second-order valence-electron chi connectivity index (χ2n) is 6.55. The quantitative estimate of drug-likeness (QED) is 0.749. The fourth-order valence-electron chi connectivity index (χ4n) is 2.98. The minimum atomic E-state index is -2.48. The van der Waals surface area contributed by atoms with Crippen molar-refractivity contribution in [3.8, 4) is 0 Å². The average molecular weight is 390 g/mol. The molecule has 7 heteroatoms. The Bertz CT molecular complexity index is 810. The van der Waals surface area contributed by atoms with E-state index in [1.165, 1.54) is 12.1 Å². The zero-order valence-electron chi connectivity index (χ0n) is 14.8. The van der Waals surface area contributed by atoms with Crippen LogP contribution in [0.25, 0.3) is 0 Å². The van der Waals surface area contributed by atoms with E-state index >= 15 is 0 Å². The lowest BCUT2D eigenvalue weighted by molar-refractivity contribution is -0.128. The molecule has 0 aliphatic carbocycles. The first-order valence-corrected chi connectivity index (χ1v) is 9.48. The van der Waals surface area contributed by atoms with E-state index < -0.39 is 11.7 Å². The number of anilines is 1. The molecule has 2 aromatic rings. The highest BCUT2D eigenvalue weighted by molar-refractivity contribution is 7.99. The molecule has 142 valence electrons. The number of halogens is 2. The van der Waals surface area contributed by atoms with Crippen molar-refractivity contribution in [1.82, 2.24) is 4.90 Å².